The lowest BCUT2D eigenvalue weighted by molar-refractivity contribution is -0.158. The van der Waals surface area contributed by atoms with Gasteiger partial charge in [0.1, 0.15) is 19.0 Å². The molecule has 0 aromatic heterocycles. The number of ether oxygens (including phenoxy) is 2. The van der Waals surface area contributed by atoms with Crippen LogP contribution in [0.2, 0.25) is 0 Å². The Balaban J connectivity index is 2.17. The molecule has 1 aromatic carbocycles. The van der Waals surface area contributed by atoms with Crippen LogP contribution >= 0.6 is 0 Å². The van der Waals surface area contributed by atoms with E-state index in [1.54, 1.807) is 7.11 Å². The summed E-state index contributed by atoms with van der Waals surface area (Å²) in [7, 11) is 1.61. The highest BCUT2D eigenvalue weighted by atomic mass is 16.5. The van der Waals surface area contributed by atoms with E-state index in [1.807, 2.05) is 31.2 Å². The highest BCUT2D eigenvalue weighted by molar-refractivity contribution is 5.98. The van der Waals surface area contributed by atoms with E-state index in [0.29, 0.717) is 6.54 Å². The summed E-state index contributed by atoms with van der Waals surface area (Å²) in [5, 5.41) is 3.30. The maximum Gasteiger partial charge on any atom is 0.255 e. The Morgan fingerprint density at radius 3 is 2.67 bits per heavy atom. The molecule has 0 bridgehead atoms. The molecule has 2 amide bonds. The molecule has 1 N–H and O–H groups in total. The molecule has 2 rings (SSSR count). The van der Waals surface area contributed by atoms with Crippen molar-refractivity contribution in [2.24, 2.45) is 0 Å². The number of carbonyl (C=O) groups excluding carboxylic acids is 2. The lowest BCUT2D eigenvalue weighted by Gasteiger charge is -2.29. The topological polar surface area (TPSA) is 67.9 Å². The maximum absolute atomic E-state index is 11.8. The summed E-state index contributed by atoms with van der Waals surface area (Å²) < 4.78 is 10.1. The van der Waals surface area contributed by atoms with Gasteiger partial charge in [-0.15, -0.1) is 0 Å². The zero-order chi connectivity index (χ0) is 15.2. The van der Waals surface area contributed by atoms with Crippen molar-refractivity contribution < 1.29 is 19.1 Å². The Bertz CT molecular complexity index is 502. The van der Waals surface area contributed by atoms with Crippen molar-refractivity contribution in [2.45, 2.75) is 13.0 Å². The first-order valence-corrected chi connectivity index (χ1v) is 6.94. The summed E-state index contributed by atoms with van der Waals surface area (Å²) in [6, 6.07) is 7.48. The number of rotatable bonds is 6. The lowest BCUT2D eigenvalue weighted by atomic mass is 10.1. The zero-order valence-corrected chi connectivity index (χ0v) is 12.3. The van der Waals surface area contributed by atoms with Crippen LogP contribution in [0.3, 0.4) is 0 Å². The van der Waals surface area contributed by atoms with Gasteiger partial charge in [0.2, 0.25) is 0 Å². The Morgan fingerprint density at radius 2 is 2.05 bits per heavy atom. The number of morpholine rings is 1. The van der Waals surface area contributed by atoms with Gasteiger partial charge >= 0.3 is 0 Å². The fourth-order valence-corrected chi connectivity index (χ4v) is 2.30. The first-order valence-electron chi connectivity index (χ1n) is 6.94. The molecule has 114 valence electrons. The Morgan fingerprint density at radius 1 is 1.33 bits per heavy atom. The molecular weight excluding hydrogens is 272 g/mol. The minimum atomic E-state index is -0.294. The van der Waals surface area contributed by atoms with Gasteiger partial charge in [-0.05, 0) is 24.2 Å². The number of nitrogens with zero attached hydrogens (tertiary/aromatic N) is 1. The van der Waals surface area contributed by atoms with E-state index in [9.17, 15) is 9.59 Å². The summed E-state index contributed by atoms with van der Waals surface area (Å²) in [6.45, 7) is 2.93. The smallest absolute Gasteiger partial charge is 0.255 e. The lowest BCUT2D eigenvalue weighted by Crippen LogP contribution is -2.49. The third-order valence-corrected chi connectivity index (χ3v) is 3.37. The van der Waals surface area contributed by atoms with Crippen LogP contribution in [0.4, 0.5) is 0 Å². The monoisotopic (exact) mass is 292 g/mol. The van der Waals surface area contributed by atoms with Crippen LogP contribution in [0.5, 0.6) is 5.75 Å². The molecule has 6 nitrogen and oxygen atoms in total. The summed E-state index contributed by atoms with van der Waals surface area (Å²) in [6.07, 6.45) is 0. The van der Waals surface area contributed by atoms with E-state index in [2.05, 4.69) is 5.32 Å². The molecule has 21 heavy (non-hydrogen) atoms. The average molecular weight is 292 g/mol. The molecule has 1 heterocycles. The second kappa shape index (κ2) is 7.19. The minimum absolute atomic E-state index is 0.0390. The standard InChI is InChI=1S/C15H20N2O4/c1-3-16-13(11-5-4-6-12(7-11)20-2)8-17-14(18)9-21-10-15(17)19/h4-7,13,16H,3,8-10H2,1-2H3. The number of hydrogen-bond acceptors (Lipinski definition) is 5. The Labute approximate surface area is 124 Å². The van der Waals surface area contributed by atoms with E-state index < -0.39 is 0 Å². The van der Waals surface area contributed by atoms with Gasteiger partial charge in [-0.25, -0.2) is 0 Å². The Hall–Kier alpha value is -1.92. The number of amides is 2. The second-order valence-corrected chi connectivity index (χ2v) is 4.78. The van der Waals surface area contributed by atoms with Crippen molar-refractivity contribution in [3.05, 3.63) is 29.8 Å². The van der Waals surface area contributed by atoms with E-state index in [-0.39, 0.29) is 31.1 Å². The Kier molecular flexibility index (Phi) is 5.30. The zero-order valence-electron chi connectivity index (χ0n) is 12.3. The maximum atomic E-state index is 11.8. The van der Waals surface area contributed by atoms with Crippen molar-refractivity contribution in [2.75, 3.05) is 33.4 Å². The summed E-state index contributed by atoms with van der Waals surface area (Å²) >= 11 is 0. The number of benzene rings is 1. The van der Waals surface area contributed by atoms with Crippen LogP contribution in [0.15, 0.2) is 24.3 Å². The molecule has 1 saturated heterocycles. The SMILES string of the molecule is CCNC(CN1C(=O)COCC1=O)c1cccc(OC)c1. The molecule has 1 aromatic rings. The van der Waals surface area contributed by atoms with Crippen LogP contribution < -0.4 is 10.1 Å². The molecule has 0 radical (unpaired) electrons. The molecule has 0 saturated carbocycles. The molecule has 1 unspecified atom stereocenters. The molecule has 1 aliphatic heterocycles. The van der Waals surface area contributed by atoms with E-state index in [0.717, 1.165) is 17.9 Å². The molecule has 0 aliphatic carbocycles. The van der Waals surface area contributed by atoms with Crippen LogP contribution in [-0.2, 0) is 14.3 Å². The largest absolute Gasteiger partial charge is 0.497 e. The third kappa shape index (κ3) is 3.80. The quantitative estimate of drug-likeness (QED) is 0.783. The highest BCUT2D eigenvalue weighted by Gasteiger charge is 2.29. The van der Waals surface area contributed by atoms with E-state index in [1.165, 1.54) is 4.90 Å². The van der Waals surface area contributed by atoms with Gasteiger partial charge in [-0.3, -0.25) is 14.5 Å². The number of hydrogen-bond donors (Lipinski definition) is 1. The van der Waals surface area contributed by atoms with Gasteiger partial charge in [0.05, 0.1) is 13.2 Å². The van der Waals surface area contributed by atoms with Crippen molar-refractivity contribution >= 4 is 11.8 Å². The van der Waals surface area contributed by atoms with Crippen molar-refractivity contribution in [3.8, 4) is 5.75 Å². The van der Waals surface area contributed by atoms with Crippen molar-refractivity contribution in [1.82, 2.24) is 10.2 Å². The minimum Gasteiger partial charge on any atom is -0.497 e. The van der Waals surface area contributed by atoms with Gasteiger partial charge in [-0.1, -0.05) is 19.1 Å². The summed E-state index contributed by atoms with van der Waals surface area (Å²) in [5.41, 5.74) is 0.975. The molecular formula is C15H20N2O4. The molecule has 1 aliphatic rings. The number of methoxy groups -OCH3 is 1. The molecule has 6 heteroatoms. The summed E-state index contributed by atoms with van der Waals surface area (Å²) in [4.78, 5) is 24.9. The van der Waals surface area contributed by atoms with Gasteiger partial charge in [0.15, 0.2) is 0 Å². The van der Waals surface area contributed by atoms with Crippen LogP contribution in [-0.4, -0.2) is 50.1 Å². The number of nitrogens with one attached hydrogen (secondary N) is 1. The molecule has 1 atom stereocenters. The molecule has 1 fully saturated rings. The van der Waals surface area contributed by atoms with Crippen molar-refractivity contribution in [1.29, 1.82) is 0 Å². The van der Waals surface area contributed by atoms with E-state index in [4.69, 9.17) is 9.47 Å². The van der Waals surface area contributed by atoms with Crippen LogP contribution in [0.1, 0.15) is 18.5 Å². The summed E-state index contributed by atoms with van der Waals surface area (Å²) in [5.74, 6) is 0.157. The predicted octanol–water partition coefficient (Wildman–Crippen LogP) is 0.731. The van der Waals surface area contributed by atoms with Gasteiger partial charge in [0, 0.05) is 6.54 Å². The van der Waals surface area contributed by atoms with Gasteiger partial charge in [0.25, 0.3) is 11.8 Å². The second-order valence-electron chi connectivity index (χ2n) is 4.78. The number of likely N-dealkylation sites (N-methyl/N-ethyl adjacent to an activating group) is 1. The normalized spacial score (nSPS) is 17.0. The first kappa shape index (κ1) is 15.5. The molecule has 0 spiro atoms. The predicted molar refractivity (Wildman–Crippen MR) is 77.0 cm³/mol. The van der Waals surface area contributed by atoms with Gasteiger partial charge in [-0.2, -0.15) is 0 Å². The van der Waals surface area contributed by atoms with Crippen LogP contribution in [0, 0.1) is 0 Å². The van der Waals surface area contributed by atoms with Crippen LogP contribution in [0.25, 0.3) is 0 Å². The first-order chi connectivity index (χ1) is 10.2. The average Bonchev–Trinajstić information content (AvgIpc) is 2.50. The number of imide groups is 1. The fraction of sp³-hybridized carbons (Fsp3) is 0.467. The highest BCUT2D eigenvalue weighted by Crippen LogP contribution is 2.21. The van der Waals surface area contributed by atoms with E-state index >= 15 is 0 Å². The van der Waals surface area contributed by atoms with Gasteiger partial charge < -0.3 is 14.8 Å². The fourth-order valence-electron chi connectivity index (χ4n) is 2.30. The van der Waals surface area contributed by atoms with Crippen molar-refractivity contribution in [3.63, 3.8) is 0 Å². The number of carbonyl (C=O) groups is 2. The third-order valence-electron chi connectivity index (χ3n) is 3.37.